The Morgan fingerprint density at radius 3 is 2.78 bits per heavy atom. The zero-order valence-corrected chi connectivity index (χ0v) is 11.9. The van der Waals surface area contributed by atoms with Gasteiger partial charge in [0.2, 0.25) is 5.88 Å². The van der Waals surface area contributed by atoms with Crippen molar-refractivity contribution >= 4 is 23.4 Å². The minimum Gasteiger partial charge on any atom is -0.479 e. The fraction of sp³-hybridized carbons (Fsp3) is 0.583. The van der Waals surface area contributed by atoms with Gasteiger partial charge < -0.3 is 9.72 Å². The molecule has 0 aliphatic heterocycles. The van der Waals surface area contributed by atoms with Crippen LogP contribution in [0.2, 0.25) is 0 Å². The Bertz CT molecular complexity index is 604. The molecule has 2 heterocycles. The van der Waals surface area contributed by atoms with Gasteiger partial charge in [0.05, 0.1) is 7.11 Å². The number of hydrogen-bond acceptors (Lipinski definition) is 4. The SMILES string of the molecule is CCC(C)C(C)n1c(=S)[nH]c2c(OC)ncnc21. The first kappa shape index (κ1) is 13.0. The fourth-order valence-electron chi connectivity index (χ4n) is 2.04. The topological polar surface area (TPSA) is 55.7 Å². The Kier molecular flexibility index (Phi) is 3.65. The summed E-state index contributed by atoms with van der Waals surface area (Å²) in [6, 6.07) is 0.288. The van der Waals surface area contributed by atoms with Crippen molar-refractivity contribution in [2.45, 2.75) is 33.2 Å². The fourth-order valence-corrected chi connectivity index (χ4v) is 2.40. The first-order valence-electron chi connectivity index (χ1n) is 6.09. The number of aromatic amines is 1. The Labute approximate surface area is 111 Å². The molecule has 1 N–H and O–H groups in total. The number of nitrogens with zero attached hydrogens (tertiary/aromatic N) is 3. The second kappa shape index (κ2) is 5.06. The van der Waals surface area contributed by atoms with Gasteiger partial charge in [0.25, 0.3) is 0 Å². The van der Waals surface area contributed by atoms with Crippen LogP contribution in [-0.2, 0) is 0 Å². The van der Waals surface area contributed by atoms with E-state index in [0.717, 1.165) is 17.6 Å². The van der Waals surface area contributed by atoms with Crippen LogP contribution >= 0.6 is 12.2 Å². The normalized spacial score (nSPS) is 14.7. The molecule has 2 unspecified atom stereocenters. The van der Waals surface area contributed by atoms with Crippen molar-refractivity contribution in [2.24, 2.45) is 5.92 Å². The molecular weight excluding hydrogens is 248 g/mol. The zero-order valence-electron chi connectivity index (χ0n) is 11.1. The Morgan fingerprint density at radius 1 is 1.44 bits per heavy atom. The van der Waals surface area contributed by atoms with Crippen LogP contribution in [-0.4, -0.2) is 26.6 Å². The van der Waals surface area contributed by atoms with Crippen molar-refractivity contribution in [1.82, 2.24) is 19.5 Å². The van der Waals surface area contributed by atoms with E-state index in [1.165, 1.54) is 6.33 Å². The molecule has 0 radical (unpaired) electrons. The first-order chi connectivity index (χ1) is 8.60. The number of hydrogen-bond donors (Lipinski definition) is 1. The van der Waals surface area contributed by atoms with Gasteiger partial charge >= 0.3 is 0 Å². The molecule has 0 fully saturated rings. The number of H-pyrrole nitrogens is 1. The molecule has 0 amide bonds. The predicted octanol–water partition coefficient (Wildman–Crippen LogP) is 3.10. The van der Waals surface area contributed by atoms with E-state index in [-0.39, 0.29) is 6.04 Å². The van der Waals surface area contributed by atoms with Gasteiger partial charge in [0, 0.05) is 6.04 Å². The number of nitrogens with one attached hydrogen (secondary N) is 1. The smallest absolute Gasteiger partial charge is 0.242 e. The van der Waals surface area contributed by atoms with Crippen LogP contribution in [0.15, 0.2) is 6.33 Å². The van der Waals surface area contributed by atoms with E-state index in [0.29, 0.717) is 16.6 Å². The number of methoxy groups -OCH3 is 1. The van der Waals surface area contributed by atoms with E-state index in [1.54, 1.807) is 7.11 Å². The summed E-state index contributed by atoms with van der Waals surface area (Å²) in [4.78, 5) is 11.5. The van der Waals surface area contributed by atoms with Gasteiger partial charge in [-0.15, -0.1) is 0 Å². The Morgan fingerprint density at radius 2 is 2.17 bits per heavy atom. The molecule has 2 aromatic heterocycles. The molecular formula is C12H18N4OS. The lowest BCUT2D eigenvalue weighted by molar-refractivity contribution is 0.373. The molecule has 6 heteroatoms. The minimum absolute atomic E-state index is 0.288. The van der Waals surface area contributed by atoms with Crippen molar-refractivity contribution in [3.8, 4) is 5.88 Å². The predicted molar refractivity (Wildman–Crippen MR) is 73.4 cm³/mol. The van der Waals surface area contributed by atoms with Gasteiger partial charge in [-0.05, 0) is 25.1 Å². The molecule has 2 atom stereocenters. The molecule has 0 saturated heterocycles. The van der Waals surface area contributed by atoms with E-state index >= 15 is 0 Å². The van der Waals surface area contributed by atoms with Gasteiger partial charge in [-0.2, -0.15) is 4.98 Å². The molecule has 0 spiro atoms. The van der Waals surface area contributed by atoms with Gasteiger partial charge in [-0.25, -0.2) is 4.98 Å². The molecule has 18 heavy (non-hydrogen) atoms. The maximum atomic E-state index is 5.39. The number of ether oxygens (including phenoxy) is 1. The molecule has 5 nitrogen and oxygen atoms in total. The summed E-state index contributed by atoms with van der Waals surface area (Å²) >= 11 is 5.39. The summed E-state index contributed by atoms with van der Waals surface area (Å²) in [5, 5.41) is 0. The number of aromatic nitrogens is 4. The van der Waals surface area contributed by atoms with E-state index in [4.69, 9.17) is 17.0 Å². The molecule has 0 aromatic carbocycles. The van der Waals surface area contributed by atoms with Crippen LogP contribution in [0, 0.1) is 10.7 Å². The third kappa shape index (κ3) is 2.01. The monoisotopic (exact) mass is 266 g/mol. The second-order valence-corrected chi connectivity index (χ2v) is 4.89. The number of fused-ring (bicyclic) bond motifs is 1. The maximum Gasteiger partial charge on any atom is 0.242 e. The lowest BCUT2D eigenvalue weighted by Gasteiger charge is -2.20. The van der Waals surface area contributed by atoms with Crippen LogP contribution in [0.25, 0.3) is 11.2 Å². The van der Waals surface area contributed by atoms with Crippen LogP contribution in [0.4, 0.5) is 0 Å². The van der Waals surface area contributed by atoms with Gasteiger partial charge in [0.15, 0.2) is 10.4 Å². The van der Waals surface area contributed by atoms with Crippen LogP contribution in [0.5, 0.6) is 5.88 Å². The summed E-state index contributed by atoms with van der Waals surface area (Å²) in [6.07, 6.45) is 2.60. The molecule has 0 bridgehead atoms. The molecule has 0 saturated carbocycles. The van der Waals surface area contributed by atoms with Crippen molar-refractivity contribution in [1.29, 1.82) is 0 Å². The largest absolute Gasteiger partial charge is 0.479 e. The quantitative estimate of drug-likeness (QED) is 0.864. The van der Waals surface area contributed by atoms with Gasteiger partial charge in [-0.1, -0.05) is 20.3 Å². The highest BCUT2D eigenvalue weighted by atomic mass is 32.1. The average molecular weight is 266 g/mol. The summed E-state index contributed by atoms with van der Waals surface area (Å²) in [5.74, 6) is 1.05. The van der Waals surface area contributed by atoms with Crippen molar-refractivity contribution < 1.29 is 4.74 Å². The van der Waals surface area contributed by atoms with E-state index in [9.17, 15) is 0 Å². The maximum absolute atomic E-state index is 5.39. The second-order valence-electron chi connectivity index (χ2n) is 4.51. The molecule has 98 valence electrons. The lowest BCUT2D eigenvalue weighted by Crippen LogP contribution is -2.14. The average Bonchev–Trinajstić information content (AvgIpc) is 2.72. The third-order valence-electron chi connectivity index (χ3n) is 3.54. The summed E-state index contributed by atoms with van der Waals surface area (Å²) in [6.45, 7) is 6.55. The van der Waals surface area contributed by atoms with Crippen LogP contribution < -0.4 is 4.74 Å². The summed E-state index contributed by atoms with van der Waals surface area (Å²) < 4.78 is 7.93. The third-order valence-corrected chi connectivity index (χ3v) is 3.84. The highest BCUT2D eigenvalue weighted by Crippen LogP contribution is 2.27. The summed E-state index contributed by atoms with van der Waals surface area (Å²) in [7, 11) is 1.59. The number of rotatable bonds is 4. The van der Waals surface area contributed by atoms with Crippen LogP contribution in [0.1, 0.15) is 33.2 Å². The first-order valence-corrected chi connectivity index (χ1v) is 6.50. The number of imidazole rings is 1. The summed E-state index contributed by atoms with van der Waals surface area (Å²) in [5.41, 5.74) is 1.57. The van der Waals surface area contributed by atoms with Gasteiger partial charge in [-0.3, -0.25) is 4.57 Å². The minimum atomic E-state index is 0.288. The van der Waals surface area contributed by atoms with Crippen molar-refractivity contribution in [3.63, 3.8) is 0 Å². The van der Waals surface area contributed by atoms with E-state index in [2.05, 4.69) is 35.7 Å². The Balaban J connectivity index is 2.65. The van der Waals surface area contributed by atoms with E-state index < -0.39 is 0 Å². The van der Waals surface area contributed by atoms with Gasteiger partial charge in [0.1, 0.15) is 11.8 Å². The van der Waals surface area contributed by atoms with Crippen molar-refractivity contribution in [3.05, 3.63) is 11.1 Å². The Hall–Kier alpha value is -1.43. The molecule has 0 aliphatic carbocycles. The lowest BCUT2D eigenvalue weighted by atomic mass is 10.0. The molecule has 2 rings (SSSR count). The highest BCUT2D eigenvalue weighted by Gasteiger charge is 2.19. The van der Waals surface area contributed by atoms with Crippen molar-refractivity contribution in [2.75, 3.05) is 7.11 Å². The standard InChI is InChI=1S/C12H18N4OS/c1-5-7(2)8(3)16-10-9(15-12(16)18)11(17-4)14-6-13-10/h6-8H,5H2,1-4H3,(H,15,18). The zero-order chi connectivity index (χ0) is 13.3. The van der Waals surface area contributed by atoms with Crippen LogP contribution in [0.3, 0.4) is 0 Å². The molecule has 2 aromatic rings. The highest BCUT2D eigenvalue weighted by molar-refractivity contribution is 7.71. The molecule has 0 aliphatic rings. The van der Waals surface area contributed by atoms with E-state index in [1.807, 2.05) is 4.57 Å².